The van der Waals surface area contributed by atoms with Gasteiger partial charge >= 0.3 is 5.97 Å². The van der Waals surface area contributed by atoms with Gasteiger partial charge in [-0.25, -0.2) is 9.31 Å². The molecule has 0 bridgehead atoms. The highest BCUT2D eigenvalue weighted by molar-refractivity contribution is 14.1. The molecule has 3 heterocycles. The number of aromatic nitrogens is 3. The normalized spacial score (nSPS) is 14.1. The maximum atomic E-state index is 12.7. The highest BCUT2D eigenvalue weighted by Crippen LogP contribution is 2.33. The molecule has 4 rings (SSSR count). The molecule has 9 heteroatoms. The van der Waals surface area contributed by atoms with Crippen molar-refractivity contribution in [3.8, 4) is 22.8 Å². The van der Waals surface area contributed by atoms with E-state index in [0.717, 1.165) is 5.56 Å². The van der Waals surface area contributed by atoms with Crippen molar-refractivity contribution < 1.29 is 19.0 Å². The number of rotatable bonds is 4. The minimum Gasteiger partial charge on any atom is -0.486 e. The molecule has 28 heavy (non-hydrogen) atoms. The number of halogens is 1. The van der Waals surface area contributed by atoms with E-state index in [4.69, 9.17) is 14.2 Å². The summed E-state index contributed by atoms with van der Waals surface area (Å²) in [6.07, 6.45) is 2.15. The maximum Gasteiger partial charge on any atom is 0.360 e. The van der Waals surface area contributed by atoms with Crippen LogP contribution in [0, 0.1) is 3.57 Å². The van der Waals surface area contributed by atoms with Crippen LogP contribution in [0.4, 0.5) is 0 Å². The molecular weight excluding hydrogens is 477 g/mol. The van der Waals surface area contributed by atoms with Gasteiger partial charge in [-0.3, -0.25) is 4.79 Å². The fourth-order valence-electron chi connectivity index (χ4n) is 2.86. The van der Waals surface area contributed by atoms with Crippen molar-refractivity contribution in [2.75, 3.05) is 13.2 Å². The number of hydrogen-bond donors (Lipinski definition) is 1. The van der Waals surface area contributed by atoms with Crippen molar-refractivity contribution in [2.24, 2.45) is 0 Å². The third-order valence-corrected chi connectivity index (χ3v) is 5.52. The van der Waals surface area contributed by atoms with Gasteiger partial charge in [-0.1, -0.05) is 6.92 Å². The number of fused-ring (bicyclic) bond motifs is 2. The molecule has 1 atom stereocenters. The van der Waals surface area contributed by atoms with Gasteiger partial charge in [0.25, 0.3) is 5.56 Å². The van der Waals surface area contributed by atoms with Crippen LogP contribution in [-0.4, -0.2) is 39.9 Å². The minimum atomic E-state index is -0.539. The molecule has 0 radical (unpaired) electrons. The number of ether oxygens (including phenoxy) is 3. The van der Waals surface area contributed by atoms with E-state index in [1.807, 2.05) is 42.5 Å². The number of benzene rings is 1. The van der Waals surface area contributed by atoms with Crippen LogP contribution >= 0.6 is 22.6 Å². The summed E-state index contributed by atoms with van der Waals surface area (Å²) >= 11 is 1.95. The largest absolute Gasteiger partial charge is 0.486 e. The quantitative estimate of drug-likeness (QED) is 0.442. The van der Waals surface area contributed by atoms with E-state index in [2.05, 4.69) is 10.1 Å². The van der Waals surface area contributed by atoms with Crippen molar-refractivity contribution >= 4 is 34.1 Å². The predicted octanol–water partition coefficient (Wildman–Crippen LogP) is 3.02. The first-order valence-electron chi connectivity index (χ1n) is 8.90. The van der Waals surface area contributed by atoms with E-state index < -0.39 is 5.97 Å². The maximum absolute atomic E-state index is 12.7. The lowest BCUT2D eigenvalue weighted by Gasteiger charge is -2.18. The Morgan fingerprint density at radius 1 is 1.36 bits per heavy atom. The van der Waals surface area contributed by atoms with Gasteiger partial charge in [0.2, 0.25) is 0 Å². The standard InChI is InChI=1S/C19H18IN3O5/c1-3-10(2)28-19(25)16-15(20)17-18(24)21-12(9-23(17)22-16)11-4-5-13-14(8-11)27-7-6-26-13/h4-5,8-10H,3,6-7H2,1-2H3,(H,21,24). The summed E-state index contributed by atoms with van der Waals surface area (Å²) in [5.74, 6) is 0.752. The van der Waals surface area contributed by atoms with Gasteiger partial charge in [0.1, 0.15) is 18.7 Å². The van der Waals surface area contributed by atoms with Gasteiger partial charge in [0.15, 0.2) is 17.2 Å². The Hall–Kier alpha value is -2.56. The van der Waals surface area contributed by atoms with Crippen LogP contribution in [0.1, 0.15) is 30.8 Å². The summed E-state index contributed by atoms with van der Waals surface area (Å²) < 4.78 is 18.4. The molecule has 8 nitrogen and oxygen atoms in total. The SMILES string of the molecule is CCC(C)OC(=O)c1nn2cc(-c3ccc4c(c3)OCCO4)[nH]c(=O)c2c1I. The van der Waals surface area contributed by atoms with Crippen molar-refractivity contribution in [2.45, 2.75) is 26.4 Å². The second-order valence-corrected chi connectivity index (χ2v) is 7.51. The number of nitrogens with zero attached hydrogens (tertiary/aromatic N) is 2. The fourth-order valence-corrected chi connectivity index (χ4v) is 3.68. The number of H-pyrrole nitrogens is 1. The Morgan fingerprint density at radius 3 is 2.86 bits per heavy atom. The molecule has 0 saturated heterocycles. The van der Waals surface area contributed by atoms with E-state index in [9.17, 15) is 9.59 Å². The Labute approximate surface area is 173 Å². The van der Waals surface area contributed by atoms with Crippen LogP contribution in [0.25, 0.3) is 16.8 Å². The highest BCUT2D eigenvalue weighted by atomic mass is 127. The molecule has 0 aliphatic carbocycles. The average Bonchev–Trinajstić information content (AvgIpc) is 3.04. The van der Waals surface area contributed by atoms with Crippen LogP contribution in [0.3, 0.4) is 0 Å². The first kappa shape index (κ1) is 18.8. The molecule has 0 amide bonds. The zero-order valence-electron chi connectivity index (χ0n) is 15.3. The van der Waals surface area contributed by atoms with Crippen LogP contribution in [0.5, 0.6) is 11.5 Å². The van der Waals surface area contributed by atoms with Crippen molar-refractivity contribution in [1.82, 2.24) is 14.6 Å². The van der Waals surface area contributed by atoms with E-state index in [-0.39, 0.29) is 17.4 Å². The molecule has 1 aromatic carbocycles. The monoisotopic (exact) mass is 495 g/mol. The average molecular weight is 495 g/mol. The summed E-state index contributed by atoms with van der Waals surface area (Å²) in [6.45, 7) is 4.73. The first-order valence-corrected chi connectivity index (χ1v) is 9.98. The molecule has 0 fully saturated rings. The number of carbonyl (C=O) groups excluding carboxylic acids is 1. The second kappa shape index (κ2) is 7.46. The smallest absolute Gasteiger partial charge is 0.360 e. The number of aromatic amines is 1. The Morgan fingerprint density at radius 2 is 2.11 bits per heavy atom. The lowest BCUT2D eigenvalue weighted by atomic mass is 10.1. The molecule has 146 valence electrons. The van der Waals surface area contributed by atoms with E-state index in [0.29, 0.717) is 45.9 Å². The molecule has 0 saturated carbocycles. The van der Waals surface area contributed by atoms with Crippen LogP contribution in [-0.2, 0) is 4.74 Å². The van der Waals surface area contributed by atoms with E-state index >= 15 is 0 Å². The van der Waals surface area contributed by atoms with E-state index in [1.54, 1.807) is 18.3 Å². The second-order valence-electron chi connectivity index (χ2n) is 6.44. The molecule has 1 unspecified atom stereocenters. The number of nitrogens with one attached hydrogen (secondary N) is 1. The Balaban J connectivity index is 1.76. The van der Waals surface area contributed by atoms with Crippen LogP contribution in [0.2, 0.25) is 0 Å². The molecule has 3 aromatic rings. The Kier molecular flexibility index (Phi) is 5.00. The van der Waals surface area contributed by atoms with E-state index in [1.165, 1.54) is 4.52 Å². The number of esters is 1. The van der Waals surface area contributed by atoms with Gasteiger partial charge in [-0.2, -0.15) is 5.10 Å². The molecular formula is C19H18IN3O5. The minimum absolute atomic E-state index is 0.130. The number of hydrogen-bond acceptors (Lipinski definition) is 6. The van der Waals surface area contributed by atoms with Gasteiger partial charge in [-0.05, 0) is 54.1 Å². The summed E-state index contributed by atoms with van der Waals surface area (Å²) in [5, 5.41) is 4.29. The molecule has 1 aliphatic heterocycles. The zero-order chi connectivity index (χ0) is 19.8. The lowest BCUT2D eigenvalue weighted by Crippen LogP contribution is -2.15. The summed E-state index contributed by atoms with van der Waals surface area (Å²) in [5.41, 5.74) is 1.39. The molecule has 1 aliphatic rings. The highest BCUT2D eigenvalue weighted by Gasteiger charge is 2.23. The topological polar surface area (TPSA) is 94.9 Å². The van der Waals surface area contributed by atoms with Gasteiger partial charge in [0.05, 0.1) is 21.6 Å². The van der Waals surface area contributed by atoms with Gasteiger partial charge in [0, 0.05) is 5.56 Å². The summed E-state index contributed by atoms with van der Waals surface area (Å²) in [7, 11) is 0. The first-order chi connectivity index (χ1) is 13.5. The van der Waals surface area contributed by atoms with Crippen LogP contribution < -0.4 is 15.0 Å². The molecule has 1 N–H and O–H groups in total. The fraction of sp³-hybridized carbons (Fsp3) is 0.316. The van der Waals surface area contributed by atoms with Crippen LogP contribution in [0.15, 0.2) is 29.2 Å². The third-order valence-electron chi connectivity index (χ3n) is 4.50. The molecule has 2 aromatic heterocycles. The van der Waals surface area contributed by atoms with Crippen molar-refractivity contribution in [3.63, 3.8) is 0 Å². The van der Waals surface area contributed by atoms with Crippen molar-refractivity contribution in [1.29, 1.82) is 0 Å². The van der Waals surface area contributed by atoms with Gasteiger partial charge in [-0.15, -0.1) is 0 Å². The summed E-state index contributed by atoms with van der Waals surface area (Å²) in [6, 6.07) is 5.43. The summed E-state index contributed by atoms with van der Waals surface area (Å²) in [4.78, 5) is 27.9. The van der Waals surface area contributed by atoms with Gasteiger partial charge < -0.3 is 19.2 Å². The number of carbonyl (C=O) groups is 1. The van der Waals surface area contributed by atoms with Crippen molar-refractivity contribution in [3.05, 3.63) is 44.0 Å². The Bertz CT molecular complexity index is 1120. The predicted molar refractivity (Wildman–Crippen MR) is 110 cm³/mol. The molecule has 0 spiro atoms. The lowest BCUT2D eigenvalue weighted by molar-refractivity contribution is 0.0326. The third kappa shape index (κ3) is 3.34. The zero-order valence-corrected chi connectivity index (χ0v) is 17.5.